The molecule has 1 aliphatic carbocycles. The fourth-order valence-electron chi connectivity index (χ4n) is 2.38. The summed E-state index contributed by atoms with van der Waals surface area (Å²) in [7, 11) is 0. The summed E-state index contributed by atoms with van der Waals surface area (Å²) >= 11 is 5.92. The lowest BCUT2D eigenvalue weighted by Gasteiger charge is -2.22. The number of nitriles is 1. The van der Waals surface area contributed by atoms with E-state index in [0.717, 1.165) is 18.4 Å². The highest BCUT2D eigenvalue weighted by Crippen LogP contribution is 2.37. The minimum Gasteiger partial charge on any atom is -0.505 e. The summed E-state index contributed by atoms with van der Waals surface area (Å²) in [4.78, 5) is 0. The molecule has 1 saturated carbocycles. The zero-order chi connectivity index (χ0) is 11.5. The van der Waals surface area contributed by atoms with E-state index >= 15 is 0 Å². The number of phenols is 1. The van der Waals surface area contributed by atoms with Gasteiger partial charge in [0, 0.05) is 0 Å². The van der Waals surface area contributed by atoms with Crippen LogP contribution < -0.4 is 0 Å². The number of halogens is 1. The lowest BCUT2D eigenvalue weighted by atomic mass is 9.83. The van der Waals surface area contributed by atoms with Gasteiger partial charge in [-0.2, -0.15) is 5.26 Å². The minimum atomic E-state index is -0.0938. The Morgan fingerprint density at radius 3 is 2.56 bits per heavy atom. The Balaban J connectivity index is 2.34. The molecular formula is C13H14ClNO. The largest absolute Gasteiger partial charge is 0.505 e. The van der Waals surface area contributed by atoms with Gasteiger partial charge in [0.25, 0.3) is 0 Å². The molecular weight excluding hydrogens is 222 g/mol. The average Bonchev–Trinajstić information content (AvgIpc) is 2.33. The second-order valence-corrected chi connectivity index (χ2v) is 4.75. The molecule has 1 aliphatic rings. The lowest BCUT2D eigenvalue weighted by Crippen LogP contribution is -2.04. The minimum absolute atomic E-state index is 0.0938. The van der Waals surface area contributed by atoms with Gasteiger partial charge in [0.2, 0.25) is 0 Å². The van der Waals surface area contributed by atoms with Gasteiger partial charge in [-0.3, -0.25) is 0 Å². The van der Waals surface area contributed by atoms with Crippen LogP contribution in [0.5, 0.6) is 5.75 Å². The Labute approximate surface area is 100 Å². The molecule has 0 unspecified atom stereocenters. The molecule has 16 heavy (non-hydrogen) atoms. The van der Waals surface area contributed by atoms with Gasteiger partial charge in [-0.15, -0.1) is 0 Å². The van der Waals surface area contributed by atoms with E-state index in [0.29, 0.717) is 10.9 Å². The van der Waals surface area contributed by atoms with Crippen molar-refractivity contribution in [2.45, 2.75) is 38.0 Å². The molecule has 0 heterocycles. The van der Waals surface area contributed by atoms with Crippen LogP contribution >= 0.6 is 11.6 Å². The van der Waals surface area contributed by atoms with Crippen LogP contribution in [-0.2, 0) is 0 Å². The number of phenolic OH excluding ortho intramolecular Hbond substituents is 1. The van der Waals surface area contributed by atoms with Crippen molar-refractivity contribution in [2.24, 2.45) is 0 Å². The van der Waals surface area contributed by atoms with E-state index in [1.165, 1.54) is 19.3 Å². The normalized spacial score (nSPS) is 17.0. The average molecular weight is 236 g/mol. The van der Waals surface area contributed by atoms with E-state index < -0.39 is 0 Å². The van der Waals surface area contributed by atoms with Crippen molar-refractivity contribution >= 4 is 11.6 Å². The maximum Gasteiger partial charge on any atom is 0.151 e. The second-order valence-electron chi connectivity index (χ2n) is 4.35. The summed E-state index contributed by atoms with van der Waals surface area (Å²) < 4.78 is 0. The standard InChI is InChI=1S/C13H14ClNO/c14-12-7-10(6-11(8-15)13(12)16)9-4-2-1-3-5-9/h6-7,9,16H,1-5H2. The van der Waals surface area contributed by atoms with Crippen molar-refractivity contribution < 1.29 is 5.11 Å². The molecule has 1 N–H and O–H groups in total. The first-order valence-electron chi connectivity index (χ1n) is 5.65. The highest BCUT2D eigenvalue weighted by Gasteiger charge is 2.18. The van der Waals surface area contributed by atoms with Gasteiger partial charge in [0.1, 0.15) is 6.07 Å². The smallest absolute Gasteiger partial charge is 0.151 e. The SMILES string of the molecule is N#Cc1cc(C2CCCCC2)cc(Cl)c1O. The molecule has 0 amide bonds. The van der Waals surface area contributed by atoms with Gasteiger partial charge in [0.05, 0.1) is 10.6 Å². The van der Waals surface area contributed by atoms with Crippen molar-refractivity contribution in [3.8, 4) is 11.8 Å². The third-order valence-electron chi connectivity index (χ3n) is 3.28. The van der Waals surface area contributed by atoms with Gasteiger partial charge in [-0.05, 0) is 36.5 Å². The van der Waals surface area contributed by atoms with Crippen LogP contribution in [0, 0.1) is 11.3 Å². The van der Waals surface area contributed by atoms with Crippen LogP contribution in [0.3, 0.4) is 0 Å². The zero-order valence-electron chi connectivity index (χ0n) is 9.04. The molecule has 1 fully saturated rings. The monoisotopic (exact) mass is 235 g/mol. The summed E-state index contributed by atoms with van der Waals surface area (Å²) in [6.07, 6.45) is 6.10. The van der Waals surface area contributed by atoms with E-state index in [2.05, 4.69) is 0 Å². The fraction of sp³-hybridized carbons (Fsp3) is 0.462. The second kappa shape index (κ2) is 4.76. The number of nitrogens with zero attached hydrogens (tertiary/aromatic N) is 1. The van der Waals surface area contributed by atoms with Gasteiger partial charge < -0.3 is 5.11 Å². The molecule has 0 saturated heterocycles. The first-order chi connectivity index (χ1) is 7.72. The molecule has 2 rings (SSSR count). The van der Waals surface area contributed by atoms with Gasteiger partial charge >= 0.3 is 0 Å². The van der Waals surface area contributed by atoms with E-state index in [9.17, 15) is 5.11 Å². The lowest BCUT2D eigenvalue weighted by molar-refractivity contribution is 0.441. The predicted octanol–water partition coefficient (Wildman–Crippen LogP) is 3.96. The van der Waals surface area contributed by atoms with Crippen molar-refractivity contribution in [2.75, 3.05) is 0 Å². The Hall–Kier alpha value is -1.20. The summed E-state index contributed by atoms with van der Waals surface area (Å²) in [5, 5.41) is 18.8. The van der Waals surface area contributed by atoms with Crippen LogP contribution in [-0.4, -0.2) is 5.11 Å². The van der Waals surface area contributed by atoms with Crippen molar-refractivity contribution in [1.82, 2.24) is 0 Å². The van der Waals surface area contributed by atoms with Crippen LogP contribution in [0.2, 0.25) is 5.02 Å². The predicted molar refractivity (Wildman–Crippen MR) is 63.7 cm³/mol. The topological polar surface area (TPSA) is 44.0 Å². The Morgan fingerprint density at radius 1 is 1.25 bits per heavy atom. The quantitative estimate of drug-likeness (QED) is 0.801. The molecule has 1 aromatic carbocycles. The van der Waals surface area contributed by atoms with Crippen LogP contribution in [0.1, 0.15) is 49.1 Å². The molecule has 84 valence electrons. The summed E-state index contributed by atoms with van der Waals surface area (Å²) in [5.41, 5.74) is 1.38. The van der Waals surface area contributed by atoms with E-state index in [4.69, 9.17) is 16.9 Å². The summed E-state index contributed by atoms with van der Waals surface area (Å²) in [6.45, 7) is 0. The Bertz CT molecular complexity index is 430. The first-order valence-corrected chi connectivity index (χ1v) is 6.02. The van der Waals surface area contributed by atoms with E-state index in [1.807, 2.05) is 6.07 Å². The molecule has 1 aromatic rings. The van der Waals surface area contributed by atoms with E-state index in [-0.39, 0.29) is 11.3 Å². The zero-order valence-corrected chi connectivity index (χ0v) is 9.80. The third-order valence-corrected chi connectivity index (χ3v) is 3.57. The number of rotatable bonds is 1. The summed E-state index contributed by atoms with van der Waals surface area (Å²) in [6, 6.07) is 5.56. The van der Waals surface area contributed by atoms with Gasteiger partial charge in [-0.25, -0.2) is 0 Å². The molecule has 2 nitrogen and oxygen atoms in total. The number of hydrogen-bond acceptors (Lipinski definition) is 2. The van der Waals surface area contributed by atoms with Crippen molar-refractivity contribution in [3.63, 3.8) is 0 Å². The number of aromatic hydroxyl groups is 1. The number of hydrogen-bond donors (Lipinski definition) is 1. The van der Waals surface area contributed by atoms with E-state index in [1.54, 1.807) is 12.1 Å². The molecule has 3 heteroatoms. The molecule has 0 aromatic heterocycles. The van der Waals surface area contributed by atoms with Gasteiger partial charge in [0.15, 0.2) is 5.75 Å². The van der Waals surface area contributed by atoms with Crippen molar-refractivity contribution in [1.29, 1.82) is 5.26 Å². The third kappa shape index (κ3) is 2.15. The molecule has 0 bridgehead atoms. The van der Waals surface area contributed by atoms with Crippen LogP contribution in [0.15, 0.2) is 12.1 Å². The van der Waals surface area contributed by atoms with Gasteiger partial charge in [-0.1, -0.05) is 30.9 Å². The maximum absolute atomic E-state index is 9.57. The maximum atomic E-state index is 9.57. The molecule has 0 spiro atoms. The van der Waals surface area contributed by atoms with Crippen molar-refractivity contribution in [3.05, 3.63) is 28.3 Å². The van der Waals surface area contributed by atoms with Crippen LogP contribution in [0.4, 0.5) is 0 Å². The highest BCUT2D eigenvalue weighted by atomic mass is 35.5. The Morgan fingerprint density at radius 2 is 1.94 bits per heavy atom. The molecule has 0 atom stereocenters. The summed E-state index contributed by atoms with van der Waals surface area (Å²) in [5.74, 6) is 0.405. The fourth-order valence-corrected chi connectivity index (χ4v) is 2.60. The number of benzene rings is 1. The molecule has 0 radical (unpaired) electrons. The first kappa shape index (κ1) is 11.3. The molecule has 0 aliphatic heterocycles. The Kier molecular flexibility index (Phi) is 3.36. The van der Waals surface area contributed by atoms with Crippen LogP contribution in [0.25, 0.3) is 0 Å². The highest BCUT2D eigenvalue weighted by molar-refractivity contribution is 6.32.